The molecule has 1 N–H and O–H groups in total. The van der Waals surface area contributed by atoms with Crippen LogP contribution in [0.4, 0.5) is 5.69 Å². The average molecular weight is 306 g/mol. The van der Waals surface area contributed by atoms with E-state index in [1.807, 2.05) is 19.1 Å². The van der Waals surface area contributed by atoms with Crippen LogP contribution >= 0.6 is 0 Å². The van der Waals surface area contributed by atoms with E-state index in [9.17, 15) is 9.59 Å². The van der Waals surface area contributed by atoms with Gasteiger partial charge in [-0.05, 0) is 25.5 Å². The van der Waals surface area contributed by atoms with Crippen LogP contribution in [0.1, 0.15) is 19.8 Å². The van der Waals surface area contributed by atoms with E-state index in [4.69, 9.17) is 9.47 Å². The molecule has 1 aliphatic heterocycles. The Labute approximate surface area is 130 Å². The van der Waals surface area contributed by atoms with Crippen molar-refractivity contribution in [1.82, 2.24) is 5.32 Å². The van der Waals surface area contributed by atoms with Crippen LogP contribution in [0, 0.1) is 0 Å². The van der Waals surface area contributed by atoms with Crippen molar-refractivity contribution < 1.29 is 19.1 Å². The summed E-state index contributed by atoms with van der Waals surface area (Å²) in [5.74, 6) is 0.502. The molecule has 1 aliphatic rings. The third-order valence-electron chi connectivity index (χ3n) is 3.40. The van der Waals surface area contributed by atoms with Gasteiger partial charge in [0.25, 0.3) is 5.91 Å². The van der Waals surface area contributed by atoms with Gasteiger partial charge in [0, 0.05) is 37.9 Å². The lowest BCUT2D eigenvalue weighted by Crippen LogP contribution is -2.38. The fourth-order valence-corrected chi connectivity index (χ4v) is 2.42. The first-order chi connectivity index (χ1) is 10.6. The molecule has 0 spiro atoms. The normalized spacial score (nSPS) is 15.7. The summed E-state index contributed by atoms with van der Waals surface area (Å²) in [6.07, 6.45) is 1.47. The Morgan fingerprint density at radius 1 is 1.45 bits per heavy atom. The summed E-state index contributed by atoms with van der Waals surface area (Å²) in [7, 11) is 1.59. The van der Waals surface area contributed by atoms with Crippen LogP contribution in [0.5, 0.6) is 5.75 Å². The second-order valence-corrected chi connectivity index (χ2v) is 5.36. The van der Waals surface area contributed by atoms with Crippen molar-refractivity contribution >= 4 is 17.5 Å². The van der Waals surface area contributed by atoms with Gasteiger partial charge in [-0.3, -0.25) is 9.59 Å². The van der Waals surface area contributed by atoms with E-state index in [-0.39, 0.29) is 24.5 Å². The maximum Gasteiger partial charge on any atom is 0.258 e. The highest BCUT2D eigenvalue weighted by Gasteiger charge is 2.21. The molecule has 1 fully saturated rings. The number of hydrogen-bond donors (Lipinski definition) is 1. The molecule has 1 heterocycles. The van der Waals surface area contributed by atoms with E-state index < -0.39 is 0 Å². The van der Waals surface area contributed by atoms with Gasteiger partial charge in [-0.1, -0.05) is 6.07 Å². The molecule has 1 aromatic carbocycles. The third-order valence-corrected chi connectivity index (χ3v) is 3.40. The van der Waals surface area contributed by atoms with E-state index in [0.29, 0.717) is 18.8 Å². The van der Waals surface area contributed by atoms with E-state index >= 15 is 0 Å². The predicted octanol–water partition coefficient (Wildman–Crippen LogP) is 1.34. The number of hydrogen-bond acceptors (Lipinski definition) is 4. The molecule has 22 heavy (non-hydrogen) atoms. The van der Waals surface area contributed by atoms with E-state index in [0.717, 1.165) is 18.7 Å². The van der Waals surface area contributed by atoms with Gasteiger partial charge in [0.05, 0.1) is 6.61 Å². The zero-order valence-electron chi connectivity index (χ0n) is 13.0. The largest absolute Gasteiger partial charge is 0.484 e. The molecule has 0 bridgehead atoms. The minimum atomic E-state index is -0.202. The van der Waals surface area contributed by atoms with Crippen molar-refractivity contribution in [1.29, 1.82) is 0 Å². The van der Waals surface area contributed by atoms with Gasteiger partial charge in [-0.15, -0.1) is 0 Å². The minimum absolute atomic E-state index is 0.0605. The summed E-state index contributed by atoms with van der Waals surface area (Å²) in [5.41, 5.74) is 0.813. The lowest BCUT2D eigenvalue weighted by atomic mass is 10.3. The molecule has 6 heteroatoms. The van der Waals surface area contributed by atoms with E-state index in [1.165, 1.54) is 0 Å². The highest BCUT2D eigenvalue weighted by molar-refractivity contribution is 5.95. The molecule has 0 saturated carbocycles. The first-order valence-corrected chi connectivity index (χ1v) is 7.41. The number of carbonyl (C=O) groups excluding carboxylic acids is 2. The molecule has 1 aromatic rings. The van der Waals surface area contributed by atoms with Crippen LogP contribution in [-0.4, -0.2) is 44.7 Å². The fourth-order valence-electron chi connectivity index (χ4n) is 2.42. The standard InChI is InChI=1S/C16H22N2O4/c1-12(10-21-2)17-15(19)11-22-14-6-3-5-13(9-14)18-8-4-7-16(18)20/h3,5-6,9,12H,4,7-8,10-11H2,1-2H3,(H,17,19)/t12-/m1/s1. The smallest absolute Gasteiger partial charge is 0.258 e. The summed E-state index contributed by atoms with van der Waals surface area (Å²) >= 11 is 0. The Bertz CT molecular complexity index is 533. The van der Waals surface area contributed by atoms with E-state index in [1.54, 1.807) is 24.1 Å². The number of rotatable bonds is 7. The molecule has 1 saturated heterocycles. The number of methoxy groups -OCH3 is 1. The van der Waals surface area contributed by atoms with Crippen LogP contribution in [0.2, 0.25) is 0 Å². The number of nitrogens with one attached hydrogen (secondary N) is 1. The molecule has 2 rings (SSSR count). The molecule has 120 valence electrons. The topological polar surface area (TPSA) is 67.9 Å². The Morgan fingerprint density at radius 2 is 2.27 bits per heavy atom. The Balaban J connectivity index is 1.88. The monoisotopic (exact) mass is 306 g/mol. The van der Waals surface area contributed by atoms with Gasteiger partial charge in [-0.25, -0.2) is 0 Å². The Morgan fingerprint density at radius 3 is 2.95 bits per heavy atom. The predicted molar refractivity (Wildman–Crippen MR) is 83.0 cm³/mol. The van der Waals surface area contributed by atoms with Gasteiger partial charge >= 0.3 is 0 Å². The van der Waals surface area contributed by atoms with Crippen molar-refractivity contribution in [2.75, 3.05) is 31.8 Å². The number of carbonyl (C=O) groups is 2. The van der Waals surface area contributed by atoms with Gasteiger partial charge in [0.15, 0.2) is 6.61 Å². The number of benzene rings is 1. The molecule has 6 nitrogen and oxygen atoms in total. The van der Waals surface area contributed by atoms with Crippen molar-refractivity contribution in [2.45, 2.75) is 25.8 Å². The van der Waals surface area contributed by atoms with Gasteiger partial charge < -0.3 is 19.7 Å². The summed E-state index contributed by atoms with van der Waals surface area (Å²) in [6.45, 7) is 2.99. The van der Waals surface area contributed by atoms with Gasteiger partial charge in [0.2, 0.25) is 5.91 Å². The van der Waals surface area contributed by atoms with E-state index in [2.05, 4.69) is 5.32 Å². The zero-order valence-corrected chi connectivity index (χ0v) is 13.0. The first-order valence-electron chi connectivity index (χ1n) is 7.41. The summed E-state index contributed by atoms with van der Waals surface area (Å²) in [6, 6.07) is 7.19. The molecule has 0 unspecified atom stereocenters. The first kappa shape index (κ1) is 16.3. The highest BCUT2D eigenvalue weighted by Crippen LogP contribution is 2.25. The fraction of sp³-hybridized carbons (Fsp3) is 0.500. The van der Waals surface area contributed by atoms with Gasteiger partial charge in [0.1, 0.15) is 5.75 Å². The lowest BCUT2D eigenvalue weighted by molar-refractivity contribution is -0.124. The second kappa shape index (κ2) is 7.79. The van der Waals surface area contributed by atoms with Gasteiger partial charge in [-0.2, -0.15) is 0 Å². The maximum absolute atomic E-state index is 11.7. The maximum atomic E-state index is 11.7. The Kier molecular flexibility index (Phi) is 5.77. The molecule has 2 amide bonds. The van der Waals surface area contributed by atoms with Crippen LogP contribution in [-0.2, 0) is 14.3 Å². The molecular formula is C16H22N2O4. The second-order valence-electron chi connectivity index (χ2n) is 5.36. The molecule has 0 radical (unpaired) electrons. The number of nitrogens with zero attached hydrogens (tertiary/aromatic N) is 1. The van der Waals surface area contributed by atoms with Crippen LogP contribution in [0.25, 0.3) is 0 Å². The van der Waals surface area contributed by atoms with Crippen molar-refractivity contribution in [3.8, 4) is 5.75 Å². The highest BCUT2D eigenvalue weighted by atomic mass is 16.5. The molecule has 0 aliphatic carbocycles. The molecule has 1 atom stereocenters. The van der Waals surface area contributed by atoms with Crippen LogP contribution in [0.15, 0.2) is 24.3 Å². The summed E-state index contributed by atoms with van der Waals surface area (Å²) in [5, 5.41) is 2.77. The molecule has 0 aromatic heterocycles. The van der Waals surface area contributed by atoms with Crippen molar-refractivity contribution in [3.63, 3.8) is 0 Å². The van der Waals surface area contributed by atoms with Crippen LogP contribution in [0.3, 0.4) is 0 Å². The summed E-state index contributed by atoms with van der Waals surface area (Å²) in [4.78, 5) is 25.2. The quantitative estimate of drug-likeness (QED) is 0.825. The average Bonchev–Trinajstić information content (AvgIpc) is 2.92. The lowest BCUT2D eigenvalue weighted by Gasteiger charge is -2.17. The summed E-state index contributed by atoms with van der Waals surface area (Å²) < 4.78 is 10.4. The number of ether oxygens (including phenoxy) is 2. The van der Waals surface area contributed by atoms with Crippen LogP contribution < -0.4 is 15.0 Å². The minimum Gasteiger partial charge on any atom is -0.484 e. The SMILES string of the molecule is COC[C@@H](C)NC(=O)COc1cccc(N2CCCC2=O)c1. The zero-order chi connectivity index (χ0) is 15.9. The number of amides is 2. The molecular weight excluding hydrogens is 284 g/mol. The Hall–Kier alpha value is -2.08. The third kappa shape index (κ3) is 4.46. The van der Waals surface area contributed by atoms with Crippen molar-refractivity contribution in [2.24, 2.45) is 0 Å². The number of anilines is 1. The van der Waals surface area contributed by atoms with Crippen molar-refractivity contribution in [3.05, 3.63) is 24.3 Å².